The molecule has 2 aromatic carbocycles. The molecule has 4 rings (SSSR count). The summed E-state index contributed by atoms with van der Waals surface area (Å²) >= 11 is 1.23. The van der Waals surface area contributed by atoms with Crippen molar-refractivity contribution in [2.24, 2.45) is 0 Å². The Bertz CT molecular complexity index is 1230. The van der Waals surface area contributed by atoms with Gasteiger partial charge in [-0.25, -0.2) is 13.2 Å². The number of fused-ring (bicyclic) bond motifs is 1. The molecule has 1 aliphatic rings. The van der Waals surface area contributed by atoms with E-state index in [1.54, 1.807) is 0 Å². The lowest BCUT2D eigenvalue weighted by molar-refractivity contribution is 0.0607. The predicted octanol–water partition coefficient (Wildman–Crippen LogP) is 2.96. The van der Waals surface area contributed by atoms with Crippen LogP contribution in [0.1, 0.15) is 20.0 Å². The molecule has 162 valence electrons. The van der Waals surface area contributed by atoms with Crippen molar-refractivity contribution in [3.63, 3.8) is 0 Å². The SMILES string of the molecule is COC(=O)c1sc2ccccc2c1NC(=O)c1ccc(S(=O)(=O)N2CCOCC2)cc1. The van der Waals surface area contributed by atoms with Gasteiger partial charge in [0.15, 0.2) is 0 Å². The fourth-order valence-electron chi connectivity index (χ4n) is 3.31. The van der Waals surface area contributed by atoms with Gasteiger partial charge in [0.05, 0.1) is 30.9 Å². The number of esters is 1. The Labute approximate surface area is 183 Å². The number of nitrogens with one attached hydrogen (secondary N) is 1. The van der Waals surface area contributed by atoms with Crippen molar-refractivity contribution >= 4 is 49.0 Å². The lowest BCUT2D eigenvalue weighted by Crippen LogP contribution is -2.40. The molecule has 0 atom stereocenters. The van der Waals surface area contributed by atoms with E-state index in [0.717, 1.165) is 10.1 Å². The first kappa shape index (κ1) is 21.4. The first-order valence-electron chi connectivity index (χ1n) is 9.51. The number of carbonyl (C=O) groups is 2. The Kier molecular flexibility index (Phi) is 6.05. The fraction of sp³-hybridized carbons (Fsp3) is 0.238. The van der Waals surface area contributed by atoms with E-state index in [1.165, 1.54) is 47.0 Å². The quantitative estimate of drug-likeness (QED) is 0.588. The van der Waals surface area contributed by atoms with Gasteiger partial charge in [0, 0.05) is 28.7 Å². The first-order valence-corrected chi connectivity index (χ1v) is 11.8. The van der Waals surface area contributed by atoms with Gasteiger partial charge in [-0.05, 0) is 30.3 Å². The van der Waals surface area contributed by atoms with Gasteiger partial charge in [-0.2, -0.15) is 4.31 Å². The molecule has 1 fully saturated rings. The third kappa shape index (κ3) is 4.19. The summed E-state index contributed by atoms with van der Waals surface area (Å²) in [4.78, 5) is 25.4. The maximum atomic E-state index is 12.8. The molecular weight excluding hydrogens is 440 g/mol. The van der Waals surface area contributed by atoms with Crippen LogP contribution in [0, 0.1) is 0 Å². The Morgan fingerprint density at radius 2 is 1.74 bits per heavy atom. The highest BCUT2D eigenvalue weighted by Crippen LogP contribution is 2.36. The van der Waals surface area contributed by atoms with Crippen molar-refractivity contribution in [1.82, 2.24) is 4.31 Å². The van der Waals surface area contributed by atoms with Crippen LogP contribution in [-0.2, 0) is 19.5 Å². The Morgan fingerprint density at radius 1 is 1.06 bits per heavy atom. The number of carbonyl (C=O) groups excluding carboxylic acids is 2. The van der Waals surface area contributed by atoms with Gasteiger partial charge in [0.2, 0.25) is 10.0 Å². The van der Waals surface area contributed by atoms with Crippen LogP contribution in [0.5, 0.6) is 0 Å². The molecule has 1 aliphatic heterocycles. The van der Waals surface area contributed by atoms with Crippen LogP contribution in [0.3, 0.4) is 0 Å². The van der Waals surface area contributed by atoms with E-state index in [0.29, 0.717) is 36.9 Å². The van der Waals surface area contributed by atoms with Gasteiger partial charge in [-0.15, -0.1) is 11.3 Å². The Morgan fingerprint density at radius 3 is 2.42 bits per heavy atom. The summed E-state index contributed by atoms with van der Waals surface area (Å²) in [5, 5.41) is 3.51. The van der Waals surface area contributed by atoms with Crippen LogP contribution in [0.4, 0.5) is 5.69 Å². The molecule has 0 bridgehead atoms. The van der Waals surface area contributed by atoms with Gasteiger partial charge in [-0.3, -0.25) is 4.79 Å². The zero-order valence-corrected chi connectivity index (χ0v) is 18.3. The highest BCUT2D eigenvalue weighted by molar-refractivity contribution is 7.89. The largest absolute Gasteiger partial charge is 0.465 e. The molecule has 1 amide bonds. The van der Waals surface area contributed by atoms with Crippen molar-refractivity contribution in [3.8, 4) is 0 Å². The number of rotatable bonds is 5. The number of morpholine rings is 1. The zero-order valence-electron chi connectivity index (χ0n) is 16.7. The Balaban J connectivity index is 1.59. The minimum absolute atomic E-state index is 0.113. The predicted molar refractivity (Wildman–Crippen MR) is 117 cm³/mol. The summed E-state index contributed by atoms with van der Waals surface area (Å²) in [6.45, 7) is 1.31. The number of amides is 1. The molecule has 1 saturated heterocycles. The molecule has 2 heterocycles. The molecule has 1 N–H and O–H groups in total. The van der Waals surface area contributed by atoms with E-state index in [4.69, 9.17) is 9.47 Å². The molecule has 10 heteroatoms. The van der Waals surface area contributed by atoms with Gasteiger partial charge in [-0.1, -0.05) is 18.2 Å². The van der Waals surface area contributed by atoms with Gasteiger partial charge in [0.1, 0.15) is 4.88 Å². The Hall–Kier alpha value is -2.79. The third-order valence-corrected chi connectivity index (χ3v) is 7.99. The number of methoxy groups -OCH3 is 1. The van der Waals surface area contributed by atoms with E-state index in [1.807, 2.05) is 24.3 Å². The van der Waals surface area contributed by atoms with E-state index >= 15 is 0 Å². The van der Waals surface area contributed by atoms with E-state index in [2.05, 4.69) is 5.32 Å². The highest BCUT2D eigenvalue weighted by atomic mass is 32.2. The molecule has 0 unspecified atom stereocenters. The molecule has 1 aromatic heterocycles. The minimum atomic E-state index is -3.64. The van der Waals surface area contributed by atoms with E-state index in [-0.39, 0.29) is 10.5 Å². The average molecular weight is 461 g/mol. The lowest BCUT2D eigenvalue weighted by atomic mass is 10.2. The number of anilines is 1. The second-order valence-electron chi connectivity index (χ2n) is 6.79. The second-order valence-corrected chi connectivity index (χ2v) is 9.78. The molecule has 31 heavy (non-hydrogen) atoms. The standard InChI is InChI=1S/C21H20N2O6S2/c1-28-21(25)19-18(16-4-2-3-5-17(16)30-19)22-20(24)14-6-8-15(9-7-14)31(26,27)23-10-12-29-13-11-23/h2-9H,10-13H2,1H3,(H,22,24). The average Bonchev–Trinajstić information content (AvgIpc) is 3.17. The summed E-state index contributed by atoms with van der Waals surface area (Å²) in [7, 11) is -2.36. The lowest BCUT2D eigenvalue weighted by Gasteiger charge is -2.26. The maximum absolute atomic E-state index is 12.8. The summed E-state index contributed by atoms with van der Waals surface area (Å²) in [5.41, 5.74) is 0.648. The van der Waals surface area contributed by atoms with Crippen LogP contribution in [0.2, 0.25) is 0 Å². The number of hydrogen-bond acceptors (Lipinski definition) is 7. The van der Waals surface area contributed by atoms with Crippen molar-refractivity contribution in [3.05, 3.63) is 59.0 Å². The summed E-state index contributed by atoms with van der Waals surface area (Å²) in [5.74, 6) is -0.993. The monoisotopic (exact) mass is 460 g/mol. The number of thiophene rings is 1. The van der Waals surface area contributed by atoms with E-state index in [9.17, 15) is 18.0 Å². The first-order chi connectivity index (χ1) is 14.9. The van der Waals surface area contributed by atoms with Crippen molar-refractivity contribution in [1.29, 1.82) is 0 Å². The third-order valence-electron chi connectivity index (χ3n) is 4.93. The minimum Gasteiger partial charge on any atom is -0.465 e. The number of nitrogens with zero attached hydrogens (tertiary/aromatic N) is 1. The van der Waals surface area contributed by atoms with Crippen LogP contribution in [-0.4, -0.2) is 58.0 Å². The number of hydrogen-bond donors (Lipinski definition) is 1. The molecule has 0 saturated carbocycles. The molecule has 8 nitrogen and oxygen atoms in total. The van der Waals surface area contributed by atoms with Crippen molar-refractivity contribution in [2.45, 2.75) is 4.90 Å². The number of ether oxygens (including phenoxy) is 2. The van der Waals surface area contributed by atoms with Crippen LogP contribution >= 0.6 is 11.3 Å². The van der Waals surface area contributed by atoms with Crippen molar-refractivity contribution in [2.75, 3.05) is 38.7 Å². The second kappa shape index (κ2) is 8.75. The normalized spacial score (nSPS) is 15.0. The zero-order chi connectivity index (χ0) is 22.0. The topological polar surface area (TPSA) is 102 Å². The number of benzene rings is 2. The van der Waals surface area contributed by atoms with Crippen LogP contribution in [0.15, 0.2) is 53.4 Å². The summed E-state index contributed by atoms with van der Waals surface area (Å²) < 4.78 is 37.7. The van der Waals surface area contributed by atoms with Crippen molar-refractivity contribution < 1.29 is 27.5 Å². The molecule has 3 aromatic rings. The molecular formula is C21H20N2O6S2. The molecule has 0 aliphatic carbocycles. The maximum Gasteiger partial charge on any atom is 0.350 e. The van der Waals surface area contributed by atoms with Gasteiger partial charge >= 0.3 is 5.97 Å². The summed E-state index contributed by atoms with van der Waals surface area (Å²) in [6.07, 6.45) is 0. The fourth-order valence-corrected chi connectivity index (χ4v) is 5.79. The number of sulfonamides is 1. The summed E-state index contributed by atoms with van der Waals surface area (Å²) in [6, 6.07) is 13.1. The van der Waals surface area contributed by atoms with Gasteiger partial charge < -0.3 is 14.8 Å². The molecule has 0 radical (unpaired) electrons. The van der Waals surface area contributed by atoms with Crippen LogP contribution in [0.25, 0.3) is 10.1 Å². The van der Waals surface area contributed by atoms with Crippen LogP contribution < -0.4 is 5.32 Å². The molecule has 0 spiro atoms. The smallest absolute Gasteiger partial charge is 0.350 e. The van der Waals surface area contributed by atoms with E-state index < -0.39 is 21.9 Å². The van der Waals surface area contributed by atoms with Gasteiger partial charge in [0.25, 0.3) is 5.91 Å². The highest BCUT2D eigenvalue weighted by Gasteiger charge is 2.27.